The fourth-order valence-corrected chi connectivity index (χ4v) is 4.11. The molecule has 3 N–H and O–H groups in total. The summed E-state index contributed by atoms with van der Waals surface area (Å²) in [6, 6.07) is 20.2. The van der Waals surface area contributed by atoms with Gasteiger partial charge in [-0.1, -0.05) is 18.2 Å². The predicted octanol–water partition coefficient (Wildman–Crippen LogP) is 5.75. The molecule has 5 rings (SSSR count). The number of furan rings is 1. The summed E-state index contributed by atoms with van der Waals surface area (Å²) in [7, 11) is 0. The molecule has 3 amide bonds. The van der Waals surface area contributed by atoms with Crippen LogP contribution in [0.25, 0.3) is 11.0 Å². The Morgan fingerprint density at radius 1 is 0.781 bits per heavy atom. The van der Waals surface area contributed by atoms with Gasteiger partial charge in [0.05, 0.1) is 12.7 Å². The maximum Gasteiger partial charge on any atom is 0.323 e. The molecule has 0 bridgehead atoms. The number of carbonyl (C=O) groups is 2. The molecule has 0 unspecified atom stereocenters. The maximum atomic E-state index is 12.6. The zero-order valence-electron chi connectivity index (χ0n) is 17.5. The van der Waals surface area contributed by atoms with Gasteiger partial charge < -0.3 is 20.4 Å². The average Bonchev–Trinajstić information content (AvgIpc) is 3.40. The monoisotopic (exact) mass is 425 g/mol. The van der Waals surface area contributed by atoms with E-state index in [0.29, 0.717) is 17.1 Å². The number of aryl methyl sites for hydroxylation is 2. The molecule has 0 saturated carbocycles. The summed E-state index contributed by atoms with van der Waals surface area (Å²) in [5.41, 5.74) is 6.46. The van der Waals surface area contributed by atoms with E-state index in [9.17, 15) is 9.59 Å². The summed E-state index contributed by atoms with van der Waals surface area (Å²) in [6.45, 7) is 0. The number of nitrogens with one attached hydrogen (secondary N) is 3. The minimum absolute atomic E-state index is 0.115. The third kappa shape index (κ3) is 4.34. The number of fused-ring (bicyclic) bond motifs is 2. The van der Waals surface area contributed by atoms with Crippen LogP contribution in [-0.4, -0.2) is 11.9 Å². The summed E-state index contributed by atoms with van der Waals surface area (Å²) in [6.07, 6.45) is 5.28. The SMILES string of the molecule is O=C(Cc1coc2cc3c(cc12)CCC3)Nc1ccc(NC(=O)Nc2ccccc2)cc1. The summed E-state index contributed by atoms with van der Waals surface area (Å²) in [5.74, 6) is -0.115. The van der Waals surface area contributed by atoms with Crippen LogP contribution in [-0.2, 0) is 24.1 Å². The van der Waals surface area contributed by atoms with Crippen molar-refractivity contribution >= 4 is 40.0 Å². The van der Waals surface area contributed by atoms with E-state index in [4.69, 9.17) is 4.42 Å². The highest BCUT2D eigenvalue weighted by molar-refractivity contribution is 6.00. The molecular formula is C26H23N3O3. The predicted molar refractivity (Wildman–Crippen MR) is 126 cm³/mol. The van der Waals surface area contributed by atoms with Gasteiger partial charge in [-0.25, -0.2) is 4.79 Å². The molecule has 0 fully saturated rings. The molecule has 4 aromatic rings. The van der Waals surface area contributed by atoms with Gasteiger partial charge in [-0.05, 0) is 78.9 Å². The van der Waals surface area contributed by atoms with Gasteiger partial charge in [0, 0.05) is 28.0 Å². The Morgan fingerprint density at radius 2 is 1.41 bits per heavy atom. The van der Waals surface area contributed by atoms with Crippen LogP contribution in [0.2, 0.25) is 0 Å². The maximum absolute atomic E-state index is 12.6. The summed E-state index contributed by atoms with van der Waals surface area (Å²) in [5, 5.41) is 9.46. The van der Waals surface area contributed by atoms with E-state index in [0.717, 1.165) is 29.4 Å². The Bertz CT molecular complexity index is 1280. The van der Waals surface area contributed by atoms with Crippen molar-refractivity contribution in [3.8, 4) is 0 Å². The fourth-order valence-electron chi connectivity index (χ4n) is 4.11. The highest BCUT2D eigenvalue weighted by Crippen LogP contribution is 2.30. The lowest BCUT2D eigenvalue weighted by molar-refractivity contribution is -0.115. The second kappa shape index (κ2) is 8.59. The van der Waals surface area contributed by atoms with Gasteiger partial charge in [0.25, 0.3) is 0 Å². The first-order valence-electron chi connectivity index (χ1n) is 10.7. The minimum atomic E-state index is -0.327. The molecule has 0 saturated heterocycles. The Hall–Kier alpha value is -4.06. The van der Waals surface area contributed by atoms with Crippen LogP contribution in [0, 0.1) is 0 Å². The quantitative estimate of drug-likeness (QED) is 0.381. The molecule has 6 nitrogen and oxygen atoms in total. The largest absolute Gasteiger partial charge is 0.464 e. The van der Waals surface area contributed by atoms with Crippen molar-refractivity contribution in [1.82, 2.24) is 0 Å². The van der Waals surface area contributed by atoms with Crippen molar-refractivity contribution in [2.24, 2.45) is 0 Å². The highest BCUT2D eigenvalue weighted by Gasteiger charge is 2.17. The molecule has 1 aliphatic carbocycles. The average molecular weight is 425 g/mol. The van der Waals surface area contributed by atoms with Crippen molar-refractivity contribution in [1.29, 1.82) is 0 Å². The van der Waals surface area contributed by atoms with Gasteiger partial charge in [-0.15, -0.1) is 0 Å². The van der Waals surface area contributed by atoms with E-state index in [1.807, 2.05) is 30.3 Å². The van der Waals surface area contributed by atoms with Gasteiger partial charge in [-0.3, -0.25) is 4.79 Å². The number of anilines is 3. The zero-order valence-corrected chi connectivity index (χ0v) is 17.5. The first-order chi connectivity index (χ1) is 15.6. The third-order valence-electron chi connectivity index (χ3n) is 5.68. The molecule has 0 radical (unpaired) electrons. The van der Waals surface area contributed by atoms with Crippen LogP contribution in [0.1, 0.15) is 23.1 Å². The summed E-state index contributed by atoms with van der Waals surface area (Å²) < 4.78 is 5.69. The Balaban J connectivity index is 1.19. The molecule has 6 heteroatoms. The van der Waals surface area contributed by atoms with E-state index in [1.165, 1.54) is 17.5 Å². The summed E-state index contributed by atoms with van der Waals surface area (Å²) in [4.78, 5) is 24.7. The first-order valence-corrected chi connectivity index (χ1v) is 10.7. The van der Waals surface area contributed by atoms with Crippen molar-refractivity contribution in [3.05, 3.63) is 89.7 Å². The molecule has 32 heavy (non-hydrogen) atoms. The lowest BCUT2D eigenvalue weighted by Crippen LogP contribution is -2.19. The van der Waals surface area contributed by atoms with Crippen LogP contribution < -0.4 is 16.0 Å². The number of rotatable bonds is 5. The van der Waals surface area contributed by atoms with Crippen molar-refractivity contribution in [2.45, 2.75) is 25.7 Å². The molecule has 0 atom stereocenters. The Kier molecular flexibility index (Phi) is 5.34. The smallest absolute Gasteiger partial charge is 0.323 e. The summed E-state index contributed by atoms with van der Waals surface area (Å²) >= 11 is 0. The van der Waals surface area contributed by atoms with E-state index >= 15 is 0 Å². The topological polar surface area (TPSA) is 83.4 Å². The number of benzene rings is 3. The van der Waals surface area contributed by atoms with Crippen LogP contribution in [0.4, 0.5) is 21.9 Å². The first kappa shape index (κ1) is 19.9. The van der Waals surface area contributed by atoms with E-state index in [2.05, 4.69) is 28.1 Å². The molecule has 0 aliphatic heterocycles. The Labute approximate surface area is 185 Å². The van der Waals surface area contributed by atoms with E-state index in [1.54, 1.807) is 30.5 Å². The lowest BCUT2D eigenvalue weighted by atomic mass is 10.0. The molecule has 3 aromatic carbocycles. The van der Waals surface area contributed by atoms with Gasteiger partial charge in [0.15, 0.2) is 0 Å². The highest BCUT2D eigenvalue weighted by atomic mass is 16.3. The van der Waals surface area contributed by atoms with Crippen LogP contribution >= 0.6 is 0 Å². The van der Waals surface area contributed by atoms with Gasteiger partial charge in [0.1, 0.15) is 5.58 Å². The van der Waals surface area contributed by atoms with Crippen LogP contribution in [0.5, 0.6) is 0 Å². The number of carbonyl (C=O) groups excluding carboxylic acids is 2. The molecular weight excluding hydrogens is 402 g/mol. The van der Waals surface area contributed by atoms with Crippen molar-refractivity contribution in [2.75, 3.05) is 16.0 Å². The van der Waals surface area contributed by atoms with Crippen LogP contribution in [0.15, 0.2) is 77.4 Å². The van der Waals surface area contributed by atoms with Crippen LogP contribution in [0.3, 0.4) is 0 Å². The number of urea groups is 1. The van der Waals surface area contributed by atoms with Gasteiger partial charge >= 0.3 is 6.03 Å². The number of hydrogen-bond acceptors (Lipinski definition) is 3. The molecule has 160 valence electrons. The van der Waals surface area contributed by atoms with E-state index < -0.39 is 0 Å². The van der Waals surface area contributed by atoms with Gasteiger partial charge in [0.2, 0.25) is 5.91 Å². The number of para-hydroxylation sites is 1. The molecule has 1 heterocycles. The second-order valence-electron chi connectivity index (χ2n) is 7.98. The Morgan fingerprint density at radius 3 is 2.12 bits per heavy atom. The molecule has 1 aromatic heterocycles. The third-order valence-corrected chi connectivity index (χ3v) is 5.68. The lowest BCUT2D eigenvalue weighted by Gasteiger charge is -2.09. The minimum Gasteiger partial charge on any atom is -0.464 e. The van der Waals surface area contributed by atoms with Gasteiger partial charge in [-0.2, -0.15) is 0 Å². The van der Waals surface area contributed by atoms with Crippen molar-refractivity contribution < 1.29 is 14.0 Å². The molecule has 0 spiro atoms. The molecule has 1 aliphatic rings. The zero-order chi connectivity index (χ0) is 21.9. The normalized spacial score (nSPS) is 12.4. The standard InChI is InChI=1S/C26H23N3O3/c30-25(15-19-16-32-24-14-18-6-4-5-17(18)13-23(19)24)27-21-9-11-22(12-10-21)29-26(31)28-20-7-2-1-3-8-20/h1-3,7-14,16H,4-6,15H2,(H,27,30)(H2,28,29,31). The van der Waals surface area contributed by atoms with E-state index in [-0.39, 0.29) is 18.4 Å². The fraction of sp³-hybridized carbons (Fsp3) is 0.154. The number of hydrogen-bond donors (Lipinski definition) is 3. The number of amides is 3. The second-order valence-corrected chi connectivity index (χ2v) is 7.98. The van der Waals surface area contributed by atoms with Crippen molar-refractivity contribution in [3.63, 3.8) is 0 Å².